The van der Waals surface area contributed by atoms with Gasteiger partial charge < -0.3 is 9.84 Å². The summed E-state index contributed by atoms with van der Waals surface area (Å²) < 4.78 is 5.55. The molecule has 0 atom stereocenters. The first-order valence-corrected chi connectivity index (χ1v) is 6.31. The van der Waals surface area contributed by atoms with Crippen molar-refractivity contribution in [1.29, 1.82) is 0 Å². The van der Waals surface area contributed by atoms with Gasteiger partial charge in [0.25, 0.3) is 0 Å². The molecule has 20 heavy (non-hydrogen) atoms. The van der Waals surface area contributed by atoms with Crippen LogP contribution < -0.4 is 4.74 Å². The minimum atomic E-state index is -1.13. The lowest BCUT2D eigenvalue weighted by Gasteiger charge is -2.11. The van der Waals surface area contributed by atoms with Crippen LogP contribution in [0.3, 0.4) is 0 Å². The fraction of sp³-hybridized carbons (Fsp3) is 0.267. The van der Waals surface area contributed by atoms with Crippen LogP contribution in [0.4, 0.5) is 0 Å². The van der Waals surface area contributed by atoms with E-state index in [1.54, 1.807) is 0 Å². The minimum Gasteiger partial charge on any atom is -0.476 e. The van der Waals surface area contributed by atoms with Crippen molar-refractivity contribution in [3.8, 4) is 11.6 Å². The molecule has 0 saturated carbocycles. The van der Waals surface area contributed by atoms with Crippen molar-refractivity contribution >= 4 is 5.97 Å². The van der Waals surface area contributed by atoms with Crippen LogP contribution >= 0.6 is 0 Å². The zero-order valence-corrected chi connectivity index (χ0v) is 11.6. The Morgan fingerprint density at radius 1 is 1.30 bits per heavy atom. The molecule has 0 saturated heterocycles. The maximum Gasteiger partial charge on any atom is 0.356 e. The molecule has 5 nitrogen and oxygen atoms in total. The quantitative estimate of drug-likeness (QED) is 0.923. The maximum atomic E-state index is 10.8. The van der Waals surface area contributed by atoms with Crippen molar-refractivity contribution in [3.63, 3.8) is 0 Å². The van der Waals surface area contributed by atoms with E-state index in [1.807, 2.05) is 25.1 Å². The van der Waals surface area contributed by atoms with Crippen molar-refractivity contribution < 1.29 is 14.6 Å². The summed E-state index contributed by atoms with van der Waals surface area (Å²) in [7, 11) is 0. The number of carboxylic acid groups (broad SMARTS) is 1. The second-order valence-electron chi connectivity index (χ2n) is 4.82. The lowest BCUT2D eigenvalue weighted by Crippen LogP contribution is -2.02. The number of nitrogens with zero attached hydrogens (tertiary/aromatic N) is 2. The van der Waals surface area contributed by atoms with Crippen molar-refractivity contribution in [2.45, 2.75) is 26.7 Å². The van der Waals surface area contributed by atoms with Crippen LogP contribution in [-0.2, 0) is 0 Å². The van der Waals surface area contributed by atoms with Gasteiger partial charge in [0.15, 0.2) is 5.69 Å². The molecule has 1 heterocycles. The Bertz CT molecular complexity index is 639. The fourth-order valence-electron chi connectivity index (χ4n) is 1.98. The third-order valence-electron chi connectivity index (χ3n) is 2.92. The largest absolute Gasteiger partial charge is 0.476 e. The average molecular weight is 272 g/mol. The zero-order chi connectivity index (χ0) is 14.7. The van der Waals surface area contributed by atoms with E-state index in [0.717, 1.165) is 5.56 Å². The van der Waals surface area contributed by atoms with Gasteiger partial charge in [0, 0.05) is 0 Å². The van der Waals surface area contributed by atoms with Gasteiger partial charge in [-0.15, -0.1) is 0 Å². The zero-order valence-electron chi connectivity index (χ0n) is 11.6. The number of aromatic nitrogens is 2. The Kier molecular flexibility index (Phi) is 3.98. The van der Waals surface area contributed by atoms with Crippen LogP contribution in [0.25, 0.3) is 0 Å². The molecule has 1 N–H and O–H groups in total. The van der Waals surface area contributed by atoms with Gasteiger partial charge in [-0.05, 0) is 36.1 Å². The van der Waals surface area contributed by atoms with Crippen molar-refractivity contribution in [1.82, 2.24) is 9.97 Å². The first-order chi connectivity index (χ1) is 9.47. The highest BCUT2D eigenvalue weighted by Crippen LogP contribution is 2.26. The first kappa shape index (κ1) is 14.0. The highest BCUT2D eigenvalue weighted by Gasteiger charge is 2.09. The molecule has 2 rings (SSSR count). The summed E-state index contributed by atoms with van der Waals surface area (Å²) in [5.41, 5.74) is 2.24. The van der Waals surface area contributed by atoms with E-state index in [0.29, 0.717) is 11.7 Å². The third kappa shape index (κ3) is 3.12. The van der Waals surface area contributed by atoms with E-state index >= 15 is 0 Å². The molecule has 0 unspecified atom stereocenters. The lowest BCUT2D eigenvalue weighted by molar-refractivity contribution is 0.0689. The van der Waals surface area contributed by atoms with Crippen LogP contribution in [-0.4, -0.2) is 21.0 Å². The molecule has 0 amide bonds. The van der Waals surface area contributed by atoms with Crippen LogP contribution in [0.15, 0.2) is 30.6 Å². The van der Waals surface area contributed by atoms with Crippen molar-refractivity contribution in [2.24, 2.45) is 0 Å². The molecular formula is C15H16N2O3. The number of carbonyl (C=O) groups is 1. The van der Waals surface area contributed by atoms with Gasteiger partial charge in [0.05, 0.1) is 12.4 Å². The van der Waals surface area contributed by atoms with E-state index < -0.39 is 5.97 Å². The molecule has 0 bridgehead atoms. The van der Waals surface area contributed by atoms with E-state index in [1.165, 1.54) is 18.0 Å². The number of hydrogen-bond acceptors (Lipinski definition) is 4. The summed E-state index contributed by atoms with van der Waals surface area (Å²) >= 11 is 0. The molecule has 5 heteroatoms. The van der Waals surface area contributed by atoms with E-state index in [2.05, 4.69) is 23.8 Å². The molecule has 2 aromatic rings. The molecule has 0 aliphatic heterocycles. The average Bonchev–Trinajstić information content (AvgIpc) is 2.38. The van der Waals surface area contributed by atoms with Crippen molar-refractivity contribution in [2.75, 3.05) is 0 Å². The Morgan fingerprint density at radius 3 is 2.65 bits per heavy atom. The van der Waals surface area contributed by atoms with Gasteiger partial charge in [-0.25, -0.2) is 9.78 Å². The highest BCUT2D eigenvalue weighted by molar-refractivity contribution is 5.84. The molecule has 1 aromatic carbocycles. The summed E-state index contributed by atoms with van der Waals surface area (Å²) in [6, 6.07) is 5.76. The first-order valence-electron chi connectivity index (χ1n) is 6.31. The monoisotopic (exact) mass is 272 g/mol. The molecule has 104 valence electrons. The summed E-state index contributed by atoms with van der Waals surface area (Å²) in [4.78, 5) is 18.5. The number of aromatic carboxylic acids is 1. The summed E-state index contributed by atoms with van der Waals surface area (Å²) in [5.74, 6) is 0.0961. The second kappa shape index (κ2) is 5.69. The van der Waals surface area contributed by atoms with Gasteiger partial charge >= 0.3 is 5.97 Å². The molecule has 0 fully saturated rings. The minimum absolute atomic E-state index is 0.141. The molecular weight excluding hydrogens is 256 g/mol. The number of carboxylic acids is 1. The van der Waals surface area contributed by atoms with Crippen molar-refractivity contribution in [3.05, 3.63) is 47.4 Å². The molecule has 1 aromatic heterocycles. The summed E-state index contributed by atoms with van der Waals surface area (Å²) in [6.07, 6.45) is 2.57. The standard InChI is InChI=1S/C15H16N2O3/c1-9(2)12-5-4-11(6-10(12)3)20-14-8-16-7-13(17-14)15(18)19/h4-9H,1-3H3,(H,18,19). The van der Waals surface area contributed by atoms with Gasteiger partial charge in [-0.3, -0.25) is 4.98 Å². The maximum absolute atomic E-state index is 10.8. The van der Waals surface area contributed by atoms with Crippen LogP contribution in [0.5, 0.6) is 11.6 Å². The number of hydrogen-bond donors (Lipinski definition) is 1. The van der Waals surface area contributed by atoms with Gasteiger partial charge in [-0.2, -0.15) is 0 Å². The predicted molar refractivity (Wildman–Crippen MR) is 74.3 cm³/mol. The Labute approximate surface area is 117 Å². The lowest BCUT2D eigenvalue weighted by atomic mass is 9.98. The number of rotatable bonds is 4. The topological polar surface area (TPSA) is 72.3 Å². The van der Waals surface area contributed by atoms with Gasteiger partial charge in [0.2, 0.25) is 5.88 Å². The number of benzene rings is 1. The second-order valence-corrected chi connectivity index (χ2v) is 4.82. The highest BCUT2D eigenvalue weighted by atomic mass is 16.5. The molecule has 0 spiro atoms. The predicted octanol–water partition coefficient (Wildman–Crippen LogP) is 3.40. The smallest absolute Gasteiger partial charge is 0.356 e. The molecule has 0 aliphatic carbocycles. The summed E-state index contributed by atoms with van der Waals surface area (Å²) in [6.45, 7) is 6.27. The van der Waals surface area contributed by atoms with E-state index in [-0.39, 0.29) is 11.6 Å². The van der Waals surface area contributed by atoms with Crippen LogP contribution in [0.1, 0.15) is 41.4 Å². The molecule has 0 aliphatic rings. The fourth-order valence-corrected chi connectivity index (χ4v) is 1.98. The van der Waals surface area contributed by atoms with Crippen LogP contribution in [0, 0.1) is 6.92 Å². The van der Waals surface area contributed by atoms with Gasteiger partial charge in [-0.1, -0.05) is 19.9 Å². The number of aryl methyl sites for hydroxylation is 1. The SMILES string of the molecule is Cc1cc(Oc2cncc(C(=O)O)n2)ccc1C(C)C. The number of ether oxygens (including phenoxy) is 1. The van der Waals surface area contributed by atoms with E-state index in [9.17, 15) is 4.79 Å². The Morgan fingerprint density at radius 2 is 2.05 bits per heavy atom. The summed E-state index contributed by atoms with van der Waals surface area (Å²) in [5, 5.41) is 8.86. The van der Waals surface area contributed by atoms with Gasteiger partial charge in [0.1, 0.15) is 5.75 Å². The van der Waals surface area contributed by atoms with Crippen LogP contribution in [0.2, 0.25) is 0 Å². The Hall–Kier alpha value is -2.43. The third-order valence-corrected chi connectivity index (χ3v) is 2.92. The molecule has 0 radical (unpaired) electrons. The Balaban J connectivity index is 2.24. The van der Waals surface area contributed by atoms with E-state index in [4.69, 9.17) is 9.84 Å². The normalized spacial score (nSPS) is 10.6.